The van der Waals surface area contributed by atoms with E-state index in [1.165, 1.54) is 6.07 Å². The average molecular weight is 379 g/mol. The third kappa shape index (κ3) is 5.70. The summed E-state index contributed by atoms with van der Waals surface area (Å²) in [5, 5.41) is 16.3. The van der Waals surface area contributed by atoms with E-state index in [0.29, 0.717) is 5.69 Å². The van der Waals surface area contributed by atoms with Crippen LogP contribution in [0, 0.1) is 0 Å². The Morgan fingerprint density at radius 1 is 1.35 bits per heavy atom. The Morgan fingerprint density at radius 2 is 1.92 bits per heavy atom. The van der Waals surface area contributed by atoms with Gasteiger partial charge in [-0.15, -0.1) is 0 Å². The number of halogens is 3. The van der Waals surface area contributed by atoms with Gasteiger partial charge in [0, 0.05) is 17.9 Å². The zero-order valence-electron chi connectivity index (χ0n) is 16.1. The molecule has 0 aliphatic carbocycles. The van der Waals surface area contributed by atoms with Crippen molar-refractivity contribution in [3.8, 4) is 0 Å². The molecule has 0 aromatic carbocycles. The van der Waals surface area contributed by atoms with Gasteiger partial charge in [-0.05, 0) is 40.8 Å². The molecule has 0 bridgehead atoms. The molecule has 0 radical (unpaired) electrons. The van der Waals surface area contributed by atoms with E-state index in [0.717, 1.165) is 0 Å². The molecule has 0 aliphatic heterocycles. The molecule has 0 saturated carbocycles. The second-order valence-electron chi connectivity index (χ2n) is 7.63. The van der Waals surface area contributed by atoms with Crippen molar-refractivity contribution in [2.45, 2.75) is 70.7 Å². The van der Waals surface area contributed by atoms with E-state index in [1.807, 2.05) is 0 Å². The number of hydrogen-bond acceptors (Lipinski definition) is 5. The van der Waals surface area contributed by atoms with Crippen LogP contribution in [0.25, 0.3) is 0 Å². The zero-order chi connectivity index (χ0) is 20.3. The first-order valence-electron chi connectivity index (χ1n) is 8.42. The maximum atomic E-state index is 12.5. The monoisotopic (exact) mass is 379 g/mol. The van der Waals surface area contributed by atoms with Crippen LogP contribution in [0.1, 0.15) is 53.2 Å². The summed E-state index contributed by atoms with van der Waals surface area (Å²) < 4.78 is 41.9. The Labute approximate surface area is 151 Å². The fourth-order valence-corrected chi connectivity index (χ4v) is 2.09. The molecular weight excluding hydrogens is 351 g/mol. The maximum absolute atomic E-state index is 12.5. The summed E-state index contributed by atoms with van der Waals surface area (Å²) in [4.78, 5) is 14.1. The lowest BCUT2D eigenvalue weighted by molar-refractivity contribution is -0.137. The minimum Gasteiger partial charge on any atom is -0.392 e. The molecule has 9 heteroatoms. The van der Waals surface area contributed by atoms with E-state index in [-0.39, 0.29) is 18.8 Å². The van der Waals surface area contributed by atoms with Crippen molar-refractivity contribution in [3.05, 3.63) is 11.8 Å². The first kappa shape index (κ1) is 22.4. The molecule has 150 valence electrons. The predicted molar refractivity (Wildman–Crippen MR) is 91.8 cm³/mol. The van der Waals surface area contributed by atoms with E-state index in [2.05, 4.69) is 10.5 Å². The quantitative estimate of drug-likeness (QED) is 0.724. The van der Waals surface area contributed by atoms with E-state index in [9.17, 15) is 23.1 Å². The number of nitrogens with one attached hydrogen (secondary N) is 1. The third-order valence-electron chi connectivity index (χ3n) is 4.92. The highest BCUT2D eigenvalue weighted by Crippen LogP contribution is 2.29. The van der Waals surface area contributed by atoms with Crippen molar-refractivity contribution in [3.63, 3.8) is 0 Å². The number of carbonyl (C=O) groups is 1. The van der Waals surface area contributed by atoms with Crippen LogP contribution in [0.2, 0.25) is 0 Å². The summed E-state index contributed by atoms with van der Waals surface area (Å²) in [6.45, 7) is 8.57. The van der Waals surface area contributed by atoms with Crippen molar-refractivity contribution in [2.24, 2.45) is 0 Å². The molecule has 1 aromatic rings. The van der Waals surface area contributed by atoms with Crippen molar-refractivity contribution in [1.29, 1.82) is 0 Å². The minimum absolute atomic E-state index is 0.0915. The van der Waals surface area contributed by atoms with Gasteiger partial charge in [0.25, 0.3) is 0 Å². The van der Waals surface area contributed by atoms with Crippen LogP contribution in [-0.2, 0) is 10.2 Å². The highest BCUT2D eigenvalue weighted by Gasteiger charge is 2.35. The van der Waals surface area contributed by atoms with Gasteiger partial charge in [-0.2, -0.15) is 13.2 Å². The van der Waals surface area contributed by atoms with Gasteiger partial charge in [0.15, 0.2) is 0 Å². The summed E-state index contributed by atoms with van der Waals surface area (Å²) in [6, 6.07) is 1.53. The number of aliphatic hydroxyl groups is 1. The Kier molecular flexibility index (Phi) is 6.86. The first-order chi connectivity index (χ1) is 11.7. The normalized spacial score (nSPS) is 14.6. The number of nitrogens with zero attached hydrogens (tertiary/aromatic N) is 2. The van der Waals surface area contributed by atoms with Crippen LogP contribution in [0.15, 0.2) is 10.6 Å². The lowest BCUT2D eigenvalue weighted by Gasteiger charge is -2.33. The van der Waals surface area contributed by atoms with E-state index in [4.69, 9.17) is 4.52 Å². The van der Waals surface area contributed by atoms with Gasteiger partial charge in [0.2, 0.25) is 11.8 Å². The lowest BCUT2D eigenvalue weighted by Crippen LogP contribution is -2.51. The van der Waals surface area contributed by atoms with Crippen molar-refractivity contribution >= 4 is 11.8 Å². The molecule has 6 nitrogen and oxygen atoms in total. The Balaban J connectivity index is 2.72. The molecule has 0 saturated heterocycles. The predicted octanol–water partition coefficient (Wildman–Crippen LogP) is 3.32. The number of carbonyl (C=O) groups excluding carboxylic acids is 1. The van der Waals surface area contributed by atoms with Gasteiger partial charge in [-0.1, -0.05) is 19.0 Å². The van der Waals surface area contributed by atoms with Crippen molar-refractivity contribution < 1.29 is 27.6 Å². The standard InChI is InChI=1S/C17H28F3N3O3/c1-11(24)15(2,3)12-10-13(26-22-12)21-14(25)16(4,5)23(6)9-7-8-17(18,19)20/h10-11,24H,7-9H2,1-6H3,(H,21,25)/t11-/m0/s1. The topological polar surface area (TPSA) is 78.6 Å². The van der Waals surface area contributed by atoms with Crippen molar-refractivity contribution in [1.82, 2.24) is 10.1 Å². The van der Waals surface area contributed by atoms with E-state index >= 15 is 0 Å². The highest BCUT2D eigenvalue weighted by molar-refractivity contribution is 5.96. The third-order valence-corrected chi connectivity index (χ3v) is 4.92. The average Bonchev–Trinajstić information content (AvgIpc) is 2.94. The summed E-state index contributed by atoms with van der Waals surface area (Å²) in [7, 11) is 1.60. The fourth-order valence-electron chi connectivity index (χ4n) is 2.09. The van der Waals surface area contributed by atoms with Crippen LogP contribution in [0.3, 0.4) is 0 Å². The molecule has 0 fully saturated rings. The molecule has 0 spiro atoms. The van der Waals surface area contributed by atoms with Gasteiger partial charge in [0.05, 0.1) is 17.3 Å². The molecule has 1 amide bonds. The smallest absolute Gasteiger partial charge is 0.389 e. The fraction of sp³-hybridized carbons (Fsp3) is 0.765. The first-order valence-corrected chi connectivity index (χ1v) is 8.42. The Hall–Kier alpha value is -1.61. The number of amides is 1. The number of aromatic nitrogens is 1. The molecule has 1 atom stereocenters. The number of alkyl halides is 3. The van der Waals surface area contributed by atoms with E-state index in [1.54, 1.807) is 46.6 Å². The van der Waals surface area contributed by atoms with Gasteiger partial charge in [-0.3, -0.25) is 15.0 Å². The molecule has 26 heavy (non-hydrogen) atoms. The number of rotatable bonds is 8. The highest BCUT2D eigenvalue weighted by atomic mass is 19.4. The molecular formula is C17H28F3N3O3. The maximum Gasteiger partial charge on any atom is 0.389 e. The van der Waals surface area contributed by atoms with Crippen LogP contribution in [0.4, 0.5) is 19.1 Å². The van der Waals surface area contributed by atoms with Crippen LogP contribution >= 0.6 is 0 Å². The molecule has 1 rings (SSSR count). The second-order valence-corrected chi connectivity index (χ2v) is 7.63. The summed E-state index contributed by atoms with van der Waals surface area (Å²) in [5.74, 6) is -0.306. The van der Waals surface area contributed by atoms with E-state index < -0.39 is 35.6 Å². The van der Waals surface area contributed by atoms with Crippen LogP contribution in [-0.4, -0.2) is 52.5 Å². The van der Waals surface area contributed by atoms with Crippen LogP contribution < -0.4 is 5.32 Å². The molecule has 0 aliphatic rings. The Morgan fingerprint density at radius 3 is 2.42 bits per heavy atom. The second kappa shape index (κ2) is 7.96. The largest absolute Gasteiger partial charge is 0.392 e. The summed E-state index contributed by atoms with van der Waals surface area (Å²) in [6.07, 6.45) is -5.87. The van der Waals surface area contributed by atoms with Crippen LogP contribution in [0.5, 0.6) is 0 Å². The SMILES string of the molecule is C[C@H](O)C(C)(C)c1cc(NC(=O)C(C)(C)N(C)CCCC(F)(F)F)on1. The Bertz CT molecular complexity index is 610. The number of aliphatic hydroxyl groups excluding tert-OH is 1. The lowest BCUT2D eigenvalue weighted by atomic mass is 9.84. The minimum atomic E-state index is -4.21. The van der Waals surface area contributed by atoms with Gasteiger partial charge in [0.1, 0.15) is 0 Å². The molecule has 2 N–H and O–H groups in total. The molecule has 0 unspecified atom stereocenters. The summed E-state index contributed by atoms with van der Waals surface area (Å²) in [5.41, 5.74) is -1.21. The van der Waals surface area contributed by atoms with Gasteiger partial charge < -0.3 is 9.63 Å². The number of anilines is 1. The number of likely N-dealkylation sites (N-methyl/N-ethyl adjacent to an activating group) is 1. The van der Waals surface area contributed by atoms with Crippen molar-refractivity contribution in [2.75, 3.05) is 18.9 Å². The summed E-state index contributed by atoms with van der Waals surface area (Å²) >= 11 is 0. The van der Waals surface area contributed by atoms with Gasteiger partial charge in [-0.25, -0.2) is 0 Å². The molecule has 1 aromatic heterocycles. The number of hydrogen-bond donors (Lipinski definition) is 2. The van der Waals surface area contributed by atoms with Gasteiger partial charge >= 0.3 is 6.18 Å². The zero-order valence-corrected chi connectivity index (χ0v) is 16.1. The molecule has 1 heterocycles.